The molecule has 0 amide bonds. The van der Waals surface area contributed by atoms with Crippen molar-refractivity contribution in [3.63, 3.8) is 0 Å². The predicted octanol–water partition coefficient (Wildman–Crippen LogP) is 5.39. The number of ketones is 1. The van der Waals surface area contributed by atoms with Gasteiger partial charge in [-0.05, 0) is 40.2 Å². The molecule has 0 radical (unpaired) electrons. The van der Waals surface area contributed by atoms with E-state index in [4.69, 9.17) is 11.6 Å². The Morgan fingerprint density at radius 3 is 2.57 bits per heavy atom. The van der Waals surface area contributed by atoms with Crippen molar-refractivity contribution in [1.29, 1.82) is 0 Å². The third-order valence-electron chi connectivity index (χ3n) is 3.39. The fraction of sp³-hybridized carbons (Fsp3) is 0.188. The minimum Gasteiger partial charge on any atom is -0.288 e. The highest BCUT2D eigenvalue weighted by molar-refractivity contribution is 7.23. The lowest BCUT2D eigenvalue weighted by molar-refractivity contribution is 0.104. The molecule has 0 fully saturated rings. The van der Waals surface area contributed by atoms with E-state index in [0.717, 1.165) is 25.5 Å². The normalized spacial score (nSPS) is 12.0. The first-order valence-corrected chi connectivity index (χ1v) is 12.3. The first kappa shape index (κ1) is 15.0. The average Bonchev–Trinajstić information content (AvgIpc) is 3.03. The van der Waals surface area contributed by atoms with Crippen LogP contribution in [0.4, 0.5) is 0 Å². The number of fused-ring (bicyclic) bond motifs is 1. The Kier molecular flexibility index (Phi) is 3.82. The van der Waals surface area contributed by atoms with Crippen molar-refractivity contribution in [2.45, 2.75) is 19.6 Å². The van der Waals surface area contributed by atoms with E-state index in [0.29, 0.717) is 0 Å². The van der Waals surface area contributed by atoms with Crippen molar-refractivity contribution in [3.8, 4) is 0 Å². The summed E-state index contributed by atoms with van der Waals surface area (Å²) in [6.45, 7) is 6.83. The molecule has 0 unspecified atom stereocenters. The van der Waals surface area contributed by atoms with Crippen LogP contribution in [0, 0.1) is 0 Å². The van der Waals surface area contributed by atoms with Crippen molar-refractivity contribution in [1.82, 2.24) is 0 Å². The van der Waals surface area contributed by atoms with Crippen molar-refractivity contribution in [3.05, 3.63) is 50.5 Å². The molecule has 1 aromatic carbocycles. The lowest BCUT2D eigenvalue weighted by Crippen LogP contribution is -2.40. The predicted molar refractivity (Wildman–Crippen MR) is 97.6 cm³/mol. The Balaban J connectivity index is 2.30. The lowest BCUT2D eigenvalue weighted by Gasteiger charge is -2.17. The minimum absolute atomic E-state index is 0.144. The zero-order chi connectivity index (χ0) is 15.2. The van der Waals surface area contributed by atoms with E-state index in [1.807, 2.05) is 35.0 Å². The number of halogens is 1. The smallest absolute Gasteiger partial charge is 0.203 e. The zero-order valence-corrected chi connectivity index (χ0v) is 15.5. The van der Waals surface area contributed by atoms with Gasteiger partial charge in [0.1, 0.15) is 0 Å². The molecule has 21 heavy (non-hydrogen) atoms. The molecule has 5 heteroatoms. The van der Waals surface area contributed by atoms with Crippen molar-refractivity contribution >= 4 is 63.4 Å². The summed E-state index contributed by atoms with van der Waals surface area (Å²) in [4.78, 5) is 13.7. The molecule has 1 nitrogen and oxygen atoms in total. The number of hydrogen-bond acceptors (Lipinski definition) is 3. The van der Waals surface area contributed by atoms with Crippen LogP contribution in [0.5, 0.6) is 0 Å². The highest BCUT2D eigenvalue weighted by atomic mass is 35.5. The molecule has 3 aromatic rings. The Hall–Kier alpha value is -0.943. The van der Waals surface area contributed by atoms with E-state index in [1.165, 1.54) is 5.19 Å². The van der Waals surface area contributed by atoms with Gasteiger partial charge in [-0.25, -0.2) is 0 Å². The summed E-state index contributed by atoms with van der Waals surface area (Å²) in [5.74, 6) is 0.144. The SMILES string of the molecule is C[Si](C)(C)c1c(C(=O)c2ccsc2)sc2ccc(Cl)cc12. The maximum atomic E-state index is 12.8. The summed E-state index contributed by atoms with van der Waals surface area (Å²) < 4.78 is 1.15. The Morgan fingerprint density at radius 1 is 1.19 bits per heavy atom. The van der Waals surface area contributed by atoms with E-state index in [2.05, 4.69) is 19.6 Å². The first-order chi connectivity index (χ1) is 9.88. The zero-order valence-electron chi connectivity index (χ0n) is 12.1. The van der Waals surface area contributed by atoms with Gasteiger partial charge in [0.05, 0.1) is 13.0 Å². The van der Waals surface area contributed by atoms with Crippen LogP contribution in [0.3, 0.4) is 0 Å². The van der Waals surface area contributed by atoms with Gasteiger partial charge in [0.2, 0.25) is 5.78 Å². The molecule has 3 rings (SSSR count). The number of carbonyl (C=O) groups excluding carboxylic acids is 1. The Labute approximate surface area is 138 Å². The van der Waals surface area contributed by atoms with E-state index in [9.17, 15) is 4.79 Å². The number of rotatable bonds is 3. The minimum atomic E-state index is -1.65. The number of benzene rings is 1. The Bertz CT molecular complexity index is 813. The summed E-state index contributed by atoms with van der Waals surface area (Å²) in [5, 5.41) is 7.00. The van der Waals surface area contributed by atoms with Gasteiger partial charge in [-0.2, -0.15) is 11.3 Å². The fourth-order valence-electron chi connectivity index (χ4n) is 2.50. The van der Waals surface area contributed by atoms with E-state index < -0.39 is 8.07 Å². The quantitative estimate of drug-likeness (QED) is 0.457. The molecule has 0 bridgehead atoms. The molecule has 0 atom stereocenters. The molecular formula is C16H15ClOS2Si. The monoisotopic (exact) mass is 350 g/mol. The standard InChI is InChI=1S/C16H15ClOS2Si/c1-21(2,3)16-12-8-11(17)4-5-13(12)20-15(16)14(18)10-6-7-19-9-10/h4-9H,1-3H3. The largest absolute Gasteiger partial charge is 0.288 e. The first-order valence-electron chi connectivity index (χ1n) is 6.67. The van der Waals surface area contributed by atoms with Gasteiger partial charge < -0.3 is 0 Å². The van der Waals surface area contributed by atoms with Gasteiger partial charge in [0.25, 0.3) is 0 Å². The average molecular weight is 351 g/mol. The van der Waals surface area contributed by atoms with E-state index in [1.54, 1.807) is 22.7 Å². The van der Waals surface area contributed by atoms with E-state index in [-0.39, 0.29) is 5.78 Å². The third kappa shape index (κ3) is 2.73. The topological polar surface area (TPSA) is 17.1 Å². The summed E-state index contributed by atoms with van der Waals surface area (Å²) >= 11 is 9.32. The second-order valence-electron chi connectivity index (χ2n) is 6.04. The molecule has 0 aliphatic carbocycles. The van der Waals surface area contributed by atoms with Crippen LogP contribution in [0.2, 0.25) is 24.7 Å². The second kappa shape index (κ2) is 5.36. The number of carbonyl (C=O) groups is 1. The van der Waals surface area contributed by atoms with Gasteiger partial charge in [-0.15, -0.1) is 11.3 Å². The van der Waals surface area contributed by atoms with Crippen LogP contribution in [0.25, 0.3) is 10.1 Å². The molecule has 0 N–H and O–H groups in total. The van der Waals surface area contributed by atoms with Crippen LogP contribution >= 0.6 is 34.3 Å². The molecule has 108 valence electrons. The summed E-state index contributed by atoms with van der Waals surface area (Å²) in [5.41, 5.74) is 0.789. The Morgan fingerprint density at radius 2 is 1.95 bits per heavy atom. The van der Waals surface area contributed by atoms with Crippen LogP contribution in [-0.2, 0) is 0 Å². The highest BCUT2D eigenvalue weighted by Crippen LogP contribution is 2.31. The maximum absolute atomic E-state index is 12.8. The second-order valence-corrected chi connectivity index (χ2v) is 13.3. The van der Waals surface area contributed by atoms with Gasteiger partial charge in [0, 0.05) is 20.7 Å². The lowest BCUT2D eigenvalue weighted by atomic mass is 10.1. The van der Waals surface area contributed by atoms with Gasteiger partial charge in [0.15, 0.2) is 0 Å². The molecule has 2 aromatic heterocycles. The molecule has 2 heterocycles. The van der Waals surface area contributed by atoms with Gasteiger partial charge in [-0.3, -0.25) is 4.79 Å². The maximum Gasteiger partial charge on any atom is 0.203 e. The number of thiophene rings is 2. The van der Waals surface area contributed by atoms with Crippen LogP contribution in [-0.4, -0.2) is 13.9 Å². The van der Waals surface area contributed by atoms with Gasteiger partial charge >= 0.3 is 0 Å². The summed E-state index contributed by atoms with van der Waals surface area (Å²) in [7, 11) is -1.65. The van der Waals surface area contributed by atoms with Crippen LogP contribution < -0.4 is 5.19 Å². The van der Waals surface area contributed by atoms with E-state index >= 15 is 0 Å². The fourth-order valence-corrected chi connectivity index (χ4v) is 7.33. The van der Waals surface area contributed by atoms with Crippen molar-refractivity contribution in [2.24, 2.45) is 0 Å². The molecule has 0 spiro atoms. The van der Waals surface area contributed by atoms with Crippen LogP contribution in [0.1, 0.15) is 15.2 Å². The van der Waals surface area contributed by atoms with Gasteiger partial charge in [-0.1, -0.05) is 31.2 Å². The van der Waals surface area contributed by atoms with Crippen molar-refractivity contribution in [2.75, 3.05) is 0 Å². The summed E-state index contributed by atoms with van der Waals surface area (Å²) in [6, 6.07) is 7.83. The van der Waals surface area contributed by atoms with Crippen LogP contribution in [0.15, 0.2) is 35.0 Å². The van der Waals surface area contributed by atoms with Crippen molar-refractivity contribution < 1.29 is 4.79 Å². The molecule has 0 aliphatic rings. The highest BCUT2D eigenvalue weighted by Gasteiger charge is 2.29. The number of hydrogen-bond donors (Lipinski definition) is 0. The third-order valence-corrected chi connectivity index (χ3v) is 7.68. The molecule has 0 saturated heterocycles. The summed E-state index contributed by atoms with van der Waals surface area (Å²) in [6.07, 6.45) is 0. The molecule has 0 aliphatic heterocycles. The molecule has 0 saturated carbocycles. The molecular weight excluding hydrogens is 336 g/mol.